The maximum absolute atomic E-state index is 13.9. The normalized spacial score (nSPS) is 31.5. The topological polar surface area (TPSA) is 177 Å². The lowest BCUT2D eigenvalue weighted by atomic mass is 9.53. The van der Waals surface area contributed by atoms with Gasteiger partial charge in [0.2, 0.25) is 0 Å². The molecule has 2 saturated heterocycles. The summed E-state index contributed by atoms with van der Waals surface area (Å²) in [4.78, 5) is 70.3. The Hall–Kier alpha value is -5.02. The molecular weight excluding hydrogens is 662 g/mol. The number of carbonyl (C=O) groups is 4. The summed E-state index contributed by atoms with van der Waals surface area (Å²) in [6.45, 7) is 6.96. The summed E-state index contributed by atoms with van der Waals surface area (Å²) in [6.07, 6.45) is 2.50. The van der Waals surface area contributed by atoms with Crippen LogP contribution in [-0.4, -0.2) is 95.5 Å². The number of nitrogens with zero attached hydrogens (tertiary/aromatic N) is 3. The third-order valence-electron chi connectivity index (χ3n) is 10.9. The van der Waals surface area contributed by atoms with Crippen molar-refractivity contribution in [3.05, 3.63) is 76.0 Å². The minimum absolute atomic E-state index is 0.0128. The number of anilines is 2. The summed E-state index contributed by atoms with van der Waals surface area (Å²) in [7, 11) is 1.36. The van der Waals surface area contributed by atoms with Crippen molar-refractivity contribution in [2.24, 2.45) is 5.41 Å². The van der Waals surface area contributed by atoms with Gasteiger partial charge in [-0.1, -0.05) is 37.3 Å². The first-order valence-corrected chi connectivity index (χ1v) is 17.1. The Kier molecular flexibility index (Phi) is 8.74. The van der Waals surface area contributed by atoms with Crippen LogP contribution in [0.1, 0.15) is 52.3 Å². The van der Waals surface area contributed by atoms with E-state index in [0.717, 1.165) is 41.0 Å². The molecule has 0 bridgehead atoms. The van der Waals surface area contributed by atoms with Gasteiger partial charge in [0.15, 0.2) is 18.4 Å². The first kappa shape index (κ1) is 34.4. The highest BCUT2D eigenvalue weighted by Gasteiger charge is 2.68. The number of carbonyl (C=O) groups excluding carboxylic acids is 4. The van der Waals surface area contributed by atoms with E-state index in [1.54, 1.807) is 6.07 Å². The number of para-hydroxylation sites is 1. The highest BCUT2D eigenvalue weighted by molar-refractivity contribution is 5.95. The molecule has 15 heteroatoms. The molecule has 0 saturated carbocycles. The van der Waals surface area contributed by atoms with Crippen molar-refractivity contribution in [1.82, 2.24) is 14.5 Å². The van der Waals surface area contributed by atoms with Gasteiger partial charge in [0.25, 0.3) is 0 Å². The first-order valence-electron chi connectivity index (χ1n) is 17.1. The van der Waals surface area contributed by atoms with E-state index in [-0.39, 0.29) is 18.5 Å². The number of benzene rings is 1. The van der Waals surface area contributed by atoms with Crippen LogP contribution in [0.5, 0.6) is 0 Å². The maximum atomic E-state index is 13.9. The minimum atomic E-state index is -1.27. The van der Waals surface area contributed by atoms with Gasteiger partial charge in [-0.05, 0) is 30.5 Å². The number of fused-ring (bicyclic) bond motifs is 1. The fraction of sp³-hybridized carbons (Fsp3) is 0.500. The van der Waals surface area contributed by atoms with E-state index in [1.807, 2.05) is 18.2 Å². The van der Waals surface area contributed by atoms with Crippen LogP contribution in [0.25, 0.3) is 0 Å². The molecule has 0 amide bonds. The molecule has 8 unspecified atom stereocenters. The summed E-state index contributed by atoms with van der Waals surface area (Å²) in [6, 6.07) is 9.07. The number of ether oxygens (including phenoxy) is 5. The van der Waals surface area contributed by atoms with E-state index in [2.05, 4.69) is 45.7 Å². The molecular formula is C36H41N5O10. The monoisotopic (exact) mass is 703 g/mol. The Balaban J connectivity index is 1.29. The highest BCUT2D eigenvalue weighted by atomic mass is 16.7. The highest BCUT2D eigenvalue weighted by Crippen LogP contribution is 2.64. The summed E-state index contributed by atoms with van der Waals surface area (Å²) in [5.74, 6) is -2.29. The third-order valence-corrected chi connectivity index (χ3v) is 10.9. The first-order chi connectivity index (χ1) is 24.4. The molecule has 15 nitrogen and oxygen atoms in total. The second-order valence-electron chi connectivity index (χ2n) is 13.5. The van der Waals surface area contributed by atoms with Crippen molar-refractivity contribution in [1.29, 1.82) is 0 Å². The zero-order valence-corrected chi connectivity index (χ0v) is 29.0. The van der Waals surface area contributed by atoms with Crippen LogP contribution in [-0.2, 0) is 48.3 Å². The summed E-state index contributed by atoms with van der Waals surface area (Å²) in [5.41, 5.74) is 1.50. The van der Waals surface area contributed by atoms with Crippen molar-refractivity contribution >= 4 is 35.4 Å². The van der Waals surface area contributed by atoms with Crippen LogP contribution in [0.2, 0.25) is 0 Å². The van der Waals surface area contributed by atoms with Crippen LogP contribution in [0.4, 0.5) is 11.5 Å². The van der Waals surface area contributed by atoms with Gasteiger partial charge in [-0.2, -0.15) is 4.98 Å². The quantitative estimate of drug-likeness (QED) is 0.221. The molecule has 270 valence electrons. The molecule has 1 aromatic heterocycles. The summed E-state index contributed by atoms with van der Waals surface area (Å²) >= 11 is 0. The van der Waals surface area contributed by atoms with Crippen molar-refractivity contribution in [2.75, 3.05) is 37.4 Å². The van der Waals surface area contributed by atoms with E-state index >= 15 is 0 Å². The molecule has 2 aromatic rings. The molecule has 4 aliphatic heterocycles. The maximum Gasteiger partial charge on any atom is 0.351 e. The van der Waals surface area contributed by atoms with Gasteiger partial charge in [0.05, 0.1) is 24.1 Å². The van der Waals surface area contributed by atoms with Crippen LogP contribution < -0.4 is 16.3 Å². The van der Waals surface area contributed by atoms with Gasteiger partial charge in [0.1, 0.15) is 18.5 Å². The van der Waals surface area contributed by atoms with Gasteiger partial charge in [-0.3, -0.25) is 23.9 Å². The van der Waals surface area contributed by atoms with E-state index in [9.17, 15) is 24.0 Å². The molecule has 2 N–H and O–H groups in total. The van der Waals surface area contributed by atoms with Crippen molar-refractivity contribution in [2.45, 2.75) is 82.6 Å². The predicted molar refractivity (Wildman–Crippen MR) is 180 cm³/mol. The largest absolute Gasteiger partial charge is 0.466 e. The van der Waals surface area contributed by atoms with Crippen molar-refractivity contribution in [3.8, 4) is 0 Å². The van der Waals surface area contributed by atoms with Crippen LogP contribution in [0.15, 0.2) is 64.7 Å². The van der Waals surface area contributed by atoms with Crippen LogP contribution in [0, 0.1) is 5.41 Å². The van der Waals surface area contributed by atoms with E-state index in [0.29, 0.717) is 12.0 Å². The lowest BCUT2D eigenvalue weighted by Gasteiger charge is -2.57. The SMILES string of the molecule is CCC12C=CCN3CCC4(C(=C(C(=O)OC)C1Nc1ccn(C5OC(COC(C)=O)C(OC(C)=O)C5OC(C)=O)c(=O)n1)Nc1ccccc14)C32. The van der Waals surface area contributed by atoms with Gasteiger partial charge < -0.3 is 34.3 Å². The number of nitrogens with one attached hydrogen (secondary N) is 2. The zero-order chi connectivity index (χ0) is 36.2. The molecule has 1 spiro atoms. The predicted octanol–water partition coefficient (Wildman–Crippen LogP) is 2.19. The van der Waals surface area contributed by atoms with Gasteiger partial charge >= 0.3 is 29.6 Å². The van der Waals surface area contributed by atoms with Gasteiger partial charge in [-0.25, -0.2) is 9.59 Å². The minimum Gasteiger partial charge on any atom is -0.466 e. The molecule has 2 fully saturated rings. The number of hydrogen-bond donors (Lipinski definition) is 2. The number of rotatable bonds is 9. The summed E-state index contributed by atoms with van der Waals surface area (Å²) in [5, 5.41) is 7.07. The number of esters is 4. The van der Waals surface area contributed by atoms with Crippen molar-refractivity contribution < 1.29 is 42.9 Å². The molecule has 8 atom stereocenters. The van der Waals surface area contributed by atoms with Gasteiger partial charge in [0, 0.05) is 62.9 Å². The second-order valence-corrected chi connectivity index (χ2v) is 13.5. The van der Waals surface area contributed by atoms with E-state index in [1.165, 1.54) is 34.1 Å². The molecule has 5 aliphatic rings. The standard InChI is InChI=1S/C36H41N5O10/c1-6-35-13-9-15-40-17-14-36(33(35)40)22-10-7-8-11-23(22)37-30(36)26(32(45)47-5)29(35)38-25-12-16-41(34(46)39-25)31-28(50-21(4)44)27(49-20(3)43)24(51-31)18-48-19(2)42/h7-13,16,24,27-29,31,33,37H,6,14-15,17-18H2,1-5H3,(H,38,39,46). The van der Waals surface area contributed by atoms with Crippen molar-refractivity contribution in [3.63, 3.8) is 0 Å². The average molecular weight is 704 g/mol. The van der Waals surface area contributed by atoms with Crippen LogP contribution in [0.3, 0.4) is 0 Å². The Bertz CT molecular complexity index is 1910. The van der Waals surface area contributed by atoms with Gasteiger partial charge in [-0.15, -0.1) is 0 Å². The van der Waals surface area contributed by atoms with E-state index < -0.39 is 71.0 Å². The molecule has 7 rings (SSSR count). The molecule has 0 radical (unpaired) electrons. The molecule has 1 aromatic carbocycles. The fourth-order valence-corrected chi connectivity index (χ4v) is 9.08. The molecule has 5 heterocycles. The Morgan fingerprint density at radius 1 is 1.06 bits per heavy atom. The third kappa shape index (κ3) is 5.41. The zero-order valence-electron chi connectivity index (χ0n) is 29.0. The average Bonchev–Trinajstić information content (AvgIpc) is 3.76. The Labute approximate surface area is 293 Å². The lowest BCUT2D eigenvalue weighted by Crippen LogP contribution is -2.65. The smallest absolute Gasteiger partial charge is 0.351 e. The number of methoxy groups -OCH3 is 1. The second kappa shape index (κ2) is 12.9. The number of hydrogen-bond acceptors (Lipinski definition) is 14. The fourth-order valence-electron chi connectivity index (χ4n) is 9.08. The van der Waals surface area contributed by atoms with E-state index in [4.69, 9.17) is 23.7 Å². The molecule has 1 aliphatic carbocycles. The number of aromatic nitrogens is 2. The lowest BCUT2D eigenvalue weighted by molar-refractivity contribution is -0.166. The Morgan fingerprint density at radius 2 is 1.80 bits per heavy atom. The molecule has 51 heavy (non-hydrogen) atoms. The Morgan fingerprint density at radius 3 is 2.49 bits per heavy atom. The van der Waals surface area contributed by atoms with Crippen LogP contribution >= 0.6 is 0 Å². The summed E-state index contributed by atoms with van der Waals surface area (Å²) < 4.78 is 28.7.